The van der Waals surface area contributed by atoms with Gasteiger partial charge in [0.2, 0.25) is 15.9 Å². The van der Waals surface area contributed by atoms with E-state index in [4.69, 9.17) is 0 Å². The maximum absolute atomic E-state index is 13.2. The first-order valence-corrected chi connectivity index (χ1v) is 11.4. The largest absolute Gasteiger partial charge is 0.350 e. The molecule has 1 heterocycles. The normalized spacial score (nSPS) is 19.5. The van der Waals surface area contributed by atoms with Crippen LogP contribution in [-0.4, -0.2) is 61.8 Å². The lowest BCUT2D eigenvalue weighted by Crippen LogP contribution is -2.46. The van der Waals surface area contributed by atoms with Crippen molar-refractivity contribution in [2.45, 2.75) is 45.6 Å². The van der Waals surface area contributed by atoms with Crippen LogP contribution in [0.25, 0.3) is 6.08 Å². The van der Waals surface area contributed by atoms with E-state index in [1.165, 1.54) is 5.56 Å². The molecule has 2 aliphatic rings. The molecule has 0 bridgehead atoms. The maximum atomic E-state index is 13.2. The van der Waals surface area contributed by atoms with Gasteiger partial charge in [-0.3, -0.25) is 9.69 Å². The van der Waals surface area contributed by atoms with Crippen molar-refractivity contribution in [2.24, 2.45) is 0 Å². The van der Waals surface area contributed by atoms with Crippen molar-refractivity contribution in [1.29, 1.82) is 0 Å². The minimum Gasteiger partial charge on any atom is -0.350 e. The maximum Gasteiger partial charge on any atom is 0.239 e. The second kappa shape index (κ2) is 8.35. The van der Waals surface area contributed by atoms with E-state index in [0.29, 0.717) is 37.5 Å². The summed E-state index contributed by atoms with van der Waals surface area (Å²) in [7, 11) is -3.46. The summed E-state index contributed by atoms with van der Waals surface area (Å²) < 4.78 is 28.0. The lowest BCUT2D eigenvalue weighted by molar-refractivity contribution is -0.123. The lowest BCUT2D eigenvalue weighted by Gasteiger charge is -2.25. The van der Waals surface area contributed by atoms with Crippen molar-refractivity contribution in [3.05, 3.63) is 40.3 Å². The van der Waals surface area contributed by atoms with Gasteiger partial charge in [-0.15, -0.1) is 0 Å². The van der Waals surface area contributed by atoms with Crippen molar-refractivity contribution in [3.8, 4) is 0 Å². The smallest absolute Gasteiger partial charge is 0.239 e. The molecular weight excluding hydrogens is 374 g/mol. The molecule has 0 spiro atoms. The molecule has 1 aromatic carbocycles. The number of carbonyl (C=O) groups excluding carboxylic acids is 1. The summed E-state index contributed by atoms with van der Waals surface area (Å²) in [6.45, 7) is 8.39. The molecule has 1 aliphatic heterocycles. The van der Waals surface area contributed by atoms with Crippen LogP contribution in [0.5, 0.6) is 0 Å². The number of rotatable bonds is 4. The Labute approximate surface area is 168 Å². The van der Waals surface area contributed by atoms with Crippen molar-refractivity contribution in [2.75, 3.05) is 32.7 Å². The predicted octanol–water partition coefficient (Wildman–Crippen LogP) is 2.23. The van der Waals surface area contributed by atoms with Crippen molar-refractivity contribution in [1.82, 2.24) is 14.5 Å². The predicted molar refractivity (Wildman–Crippen MR) is 112 cm³/mol. The molecular formula is C21H31N3O3S. The van der Waals surface area contributed by atoms with E-state index >= 15 is 0 Å². The lowest BCUT2D eigenvalue weighted by atomic mass is 9.98. The third-order valence-electron chi connectivity index (χ3n) is 5.11. The number of allylic oxidation sites excluding steroid dienone is 1. The fourth-order valence-corrected chi connectivity index (χ4v) is 5.44. The van der Waals surface area contributed by atoms with Gasteiger partial charge >= 0.3 is 0 Å². The zero-order valence-corrected chi connectivity index (χ0v) is 17.9. The number of hydrogen-bond donors (Lipinski definition) is 1. The zero-order valence-electron chi connectivity index (χ0n) is 17.1. The van der Waals surface area contributed by atoms with E-state index < -0.39 is 10.0 Å². The standard InChI is InChI=1S/C21H31N3O3S/c1-21(2,3)22-20(25)16-23-11-6-12-24(14-13-23)28(26,27)19-10-9-17-7-4-5-8-18(17)15-19/h4-5,7-8,15H,6,9-14,16H2,1-3H3,(H,22,25). The van der Waals surface area contributed by atoms with Crippen LogP contribution in [0.3, 0.4) is 0 Å². The van der Waals surface area contributed by atoms with Gasteiger partial charge in [-0.25, -0.2) is 8.42 Å². The monoisotopic (exact) mass is 405 g/mol. The molecule has 1 saturated heterocycles. The second-order valence-corrected chi connectivity index (χ2v) is 10.6. The summed E-state index contributed by atoms with van der Waals surface area (Å²) in [5.74, 6) is -0.0181. The van der Waals surface area contributed by atoms with Crippen molar-refractivity contribution < 1.29 is 13.2 Å². The van der Waals surface area contributed by atoms with Gasteiger partial charge in [0, 0.05) is 25.2 Å². The van der Waals surface area contributed by atoms with Gasteiger partial charge < -0.3 is 5.32 Å². The molecule has 1 fully saturated rings. The first kappa shape index (κ1) is 21.0. The summed E-state index contributed by atoms with van der Waals surface area (Å²) in [4.78, 5) is 14.7. The quantitative estimate of drug-likeness (QED) is 0.834. The number of sulfonamides is 1. The molecule has 28 heavy (non-hydrogen) atoms. The molecule has 0 unspecified atom stereocenters. The van der Waals surface area contributed by atoms with Crippen molar-refractivity contribution in [3.63, 3.8) is 0 Å². The highest BCUT2D eigenvalue weighted by atomic mass is 32.2. The topological polar surface area (TPSA) is 69.7 Å². The van der Waals surface area contributed by atoms with Crippen LogP contribution < -0.4 is 5.32 Å². The number of nitrogens with zero attached hydrogens (tertiary/aromatic N) is 2. The number of aryl methyl sites for hydroxylation is 1. The number of hydrogen-bond acceptors (Lipinski definition) is 4. The van der Waals surface area contributed by atoms with Crippen LogP contribution in [0, 0.1) is 0 Å². The van der Waals surface area contributed by atoms with E-state index in [0.717, 1.165) is 24.9 Å². The van der Waals surface area contributed by atoms with E-state index in [1.807, 2.05) is 49.9 Å². The first-order chi connectivity index (χ1) is 13.1. The summed E-state index contributed by atoms with van der Waals surface area (Å²) in [5, 5.41) is 2.97. The highest BCUT2D eigenvalue weighted by molar-refractivity contribution is 7.93. The number of amides is 1. The van der Waals surface area contributed by atoms with Crippen molar-refractivity contribution >= 4 is 22.0 Å². The second-order valence-electron chi connectivity index (χ2n) is 8.64. The van der Waals surface area contributed by atoms with Crippen LogP contribution in [0.15, 0.2) is 29.2 Å². The van der Waals surface area contributed by atoms with Crippen LogP contribution in [0.4, 0.5) is 0 Å². The van der Waals surface area contributed by atoms with E-state index in [-0.39, 0.29) is 11.4 Å². The Bertz CT molecular complexity index is 856. The molecule has 1 amide bonds. The van der Waals surface area contributed by atoms with Gasteiger partial charge in [-0.05, 0) is 63.8 Å². The van der Waals surface area contributed by atoms with E-state index in [9.17, 15) is 13.2 Å². The average Bonchev–Trinajstić information content (AvgIpc) is 2.85. The summed E-state index contributed by atoms with van der Waals surface area (Å²) in [5.41, 5.74) is 1.94. The number of fused-ring (bicyclic) bond motifs is 1. The van der Waals surface area contributed by atoms with E-state index in [2.05, 4.69) is 11.4 Å². The van der Waals surface area contributed by atoms with Crippen LogP contribution in [0.2, 0.25) is 0 Å². The van der Waals surface area contributed by atoms with Gasteiger partial charge in [0.1, 0.15) is 0 Å². The van der Waals surface area contributed by atoms with Gasteiger partial charge in [0.25, 0.3) is 0 Å². The molecule has 0 saturated carbocycles. The molecule has 6 nitrogen and oxygen atoms in total. The number of benzene rings is 1. The Kier molecular flexibility index (Phi) is 6.27. The Morgan fingerprint density at radius 3 is 2.57 bits per heavy atom. The third kappa shape index (κ3) is 5.21. The molecule has 1 aromatic rings. The van der Waals surface area contributed by atoms with Gasteiger partial charge in [-0.2, -0.15) is 4.31 Å². The average molecular weight is 406 g/mol. The molecule has 154 valence electrons. The Hall–Kier alpha value is -1.70. The molecule has 3 rings (SSSR count). The zero-order chi connectivity index (χ0) is 20.4. The minimum absolute atomic E-state index is 0.0181. The Balaban J connectivity index is 1.65. The van der Waals surface area contributed by atoms with Gasteiger partial charge in [-0.1, -0.05) is 24.3 Å². The Morgan fingerprint density at radius 1 is 1.07 bits per heavy atom. The highest BCUT2D eigenvalue weighted by Crippen LogP contribution is 2.29. The fraction of sp³-hybridized carbons (Fsp3) is 0.571. The fourth-order valence-electron chi connectivity index (χ4n) is 3.78. The summed E-state index contributed by atoms with van der Waals surface area (Å²) in [6, 6.07) is 7.96. The molecule has 0 radical (unpaired) electrons. The van der Waals surface area contributed by atoms with Crippen LogP contribution >= 0.6 is 0 Å². The summed E-state index contributed by atoms with van der Waals surface area (Å²) in [6.07, 6.45) is 3.86. The van der Waals surface area contributed by atoms with Gasteiger partial charge in [0.15, 0.2) is 0 Å². The first-order valence-electron chi connectivity index (χ1n) is 9.97. The Morgan fingerprint density at radius 2 is 1.82 bits per heavy atom. The highest BCUT2D eigenvalue weighted by Gasteiger charge is 2.30. The number of carbonyl (C=O) groups is 1. The molecule has 7 heteroatoms. The molecule has 0 aromatic heterocycles. The third-order valence-corrected chi connectivity index (χ3v) is 7.14. The molecule has 1 N–H and O–H groups in total. The SMILES string of the molecule is CC(C)(C)NC(=O)CN1CCCN(S(=O)(=O)C2=Cc3ccccc3CC2)CC1. The van der Waals surface area contributed by atoms with E-state index in [1.54, 1.807) is 4.31 Å². The number of nitrogens with one attached hydrogen (secondary N) is 1. The van der Waals surface area contributed by atoms with Crippen LogP contribution in [0.1, 0.15) is 44.7 Å². The molecule has 1 aliphatic carbocycles. The van der Waals surface area contributed by atoms with Gasteiger partial charge in [0.05, 0.1) is 11.4 Å². The summed E-state index contributed by atoms with van der Waals surface area (Å²) >= 11 is 0. The minimum atomic E-state index is -3.46. The van der Waals surface area contributed by atoms with Crippen LogP contribution in [-0.2, 0) is 21.2 Å². The molecule has 0 atom stereocenters.